The summed E-state index contributed by atoms with van der Waals surface area (Å²) in [7, 11) is 1.58. The first-order valence-corrected chi connectivity index (χ1v) is 10.0. The van der Waals surface area contributed by atoms with Gasteiger partial charge in [-0.2, -0.15) is 13.2 Å². The molecule has 0 saturated heterocycles. The van der Waals surface area contributed by atoms with Crippen LogP contribution in [0.15, 0.2) is 34.6 Å². The van der Waals surface area contributed by atoms with E-state index in [4.69, 9.17) is 9.47 Å². The molecule has 0 spiro atoms. The summed E-state index contributed by atoms with van der Waals surface area (Å²) in [5.41, 5.74) is -0.847. The van der Waals surface area contributed by atoms with E-state index in [1.807, 2.05) is 38.1 Å². The maximum atomic E-state index is 12.6. The number of hydrogen-bond acceptors (Lipinski definition) is 5. The lowest BCUT2D eigenvalue weighted by Gasteiger charge is -2.16. The van der Waals surface area contributed by atoms with Crippen molar-refractivity contribution in [1.29, 1.82) is 0 Å². The Bertz CT molecular complexity index is 796. The summed E-state index contributed by atoms with van der Waals surface area (Å²) in [5.74, 6) is 1.85. The average Bonchev–Trinajstić information content (AvgIpc) is 3.16. The number of alkyl halides is 3. The fourth-order valence-electron chi connectivity index (χ4n) is 2.38. The molecule has 1 aromatic heterocycles. The predicted molar refractivity (Wildman–Crippen MR) is 108 cm³/mol. The maximum Gasteiger partial charge on any atom is 0.434 e. The minimum atomic E-state index is -4.41. The molecule has 1 unspecified atom stereocenters. The summed E-state index contributed by atoms with van der Waals surface area (Å²) >= 11 is 1.00. The van der Waals surface area contributed by atoms with Crippen LogP contribution in [0.25, 0.3) is 0 Å². The Balaban J connectivity index is 1.86. The fraction of sp³-hybridized carbons (Fsp3) is 0.474. The zero-order valence-corrected chi connectivity index (χ0v) is 17.4. The summed E-state index contributed by atoms with van der Waals surface area (Å²) in [6.45, 7) is 5.29. The number of nitrogens with one attached hydrogen (secondary N) is 2. The summed E-state index contributed by atoms with van der Waals surface area (Å²) in [5, 5.41) is 7.66. The van der Waals surface area contributed by atoms with Crippen molar-refractivity contribution in [3.05, 3.63) is 40.3 Å². The molecule has 0 aliphatic rings. The van der Waals surface area contributed by atoms with Crippen molar-refractivity contribution in [3.63, 3.8) is 0 Å². The van der Waals surface area contributed by atoms with Crippen LogP contribution in [0, 0.1) is 0 Å². The zero-order chi connectivity index (χ0) is 21.3. The monoisotopic (exact) mass is 430 g/mol. The quantitative estimate of drug-likeness (QED) is 0.469. The van der Waals surface area contributed by atoms with Gasteiger partial charge in [-0.15, -0.1) is 11.3 Å². The van der Waals surface area contributed by atoms with Gasteiger partial charge < -0.3 is 20.1 Å². The van der Waals surface area contributed by atoms with Crippen molar-refractivity contribution in [3.8, 4) is 11.5 Å². The van der Waals surface area contributed by atoms with Crippen molar-refractivity contribution in [1.82, 2.24) is 15.6 Å². The Morgan fingerprint density at radius 2 is 1.97 bits per heavy atom. The third-order valence-electron chi connectivity index (χ3n) is 3.72. The minimum Gasteiger partial charge on any atom is -0.493 e. The van der Waals surface area contributed by atoms with E-state index in [2.05, 4.69) is 20.6 Å². The standard InChI is InChI=1S/C19H25F3N4O2S/c1-4-23-18(24-10-9-17-26-16(12-29-17)19(20,21)22)25-11-13(2)28-15-8-6-5-7-14(15)27-3/h5-8,12-13H,4,9-11H2,1-3H3,(H2,23,24,25). The number of aliphatic imine (C=N–C) groups is 1. The highest BCUT2D eigenvalue weighted by atomic mass is 32.1. The van der Waals surface area contributed by atoms with Crippen LogP contribution in [0.2, 0.25) is 0 Å². The fourth-order valence-corrected chi connectivity index (χ4v) is 3.18. The van der Waals surface area contributed by atoms with Gasteiger partial charge in [0.1, 0.15) is 6.10 Å². The van der Waals surface area contributed by atoms with E-state index in [9.17, 15) is 13.2 Å². The van der Waals surface area contributed by atoms with E-state index in [0.29, 0.717) is 48.5 Å². The molecule has 2 rings (SSSR count). The van der Waals surface area contributed by atoms with Crippen LogP contribution in [0.1, 0.15) is 24.5 Å². The molecule has 1 heterocycles. The molecule has 2 N–H and O–H groups in total. The lowest BCUT2D eigenvalue weighted by molar-refractivity contribution is -0.140. The van der Waals surface area contributed by atoms with E-state index in [1.54, 1.807) is 7.11 Å². The number of hydrogen-bond donors (Lipinski definition) is 2. The average molecular weight is 430 g/mol. The van der Waals surface area contributed by atoms with Gasteiger partial charge in [0.05, 0.1) is 18.7 Å². The van der Waals surface area contributed by atoms with Crippen molar-refractivity contribution < 1.29 is 22.6 Å². The molecule has 160 valence electrons. The van der Waals surface area contributed by atoms with Gasteiger partial charge in [-0.1, -0.05) is 12.1 Å². The predicted octanol–water partition coefficient (Wildman–Crippen LogP) is 3.74. The molecule has 1 atom stereocenters. The third kappa shape index (κ3) is 7.45. The Labute approximate surface area is 172 Å². The molecular formula is C19H25F3N4O2S. The number of thiazole rings is 1. The normalized spacial score (nSPS) is 13.1. The molecule has 10 heteroatoms. The number of aromatic nitrogens is 1. The van der Waals surface area contributed by atoms with Crippen molar-refractivity contribution in [2.75, 3.05) is 26.7 Å². The van der Waals surface area contributed by atoms with E-state index in [1.165, 1.54) is 0 Å². The van der Waals surface area contributed by atoms with Crippen LogP contribution in [0.5, 0.6) is 11.5 Å². The number of benzene rings is 1. The number of halogens is 3. The van der Waals surface area contributed by atoms with Gasteiger partial charge in [-0.05, 0) is 26.0 Å². The summed E-state index contributed by atoms with van der Waals surface area (Å²) < 4.78 is 49.0. The summed E-state index contributed by atoms with van der Waals surface area (Å²) in [4.78, 5) is 8.10. The van der Waals surface area contributed by atoms with Gasteiger partial charge in [0.15, 0.2) is 23.2 Å². The highest BCUT2D eigenvalue weighted by Gasteiger charge is 2.33. The summed E-state index contributed by atoms with van der Waals surface area (Å²) in [6, 6.07) is 7.37. The molecule has 0 aliphatic heterocycles. The van der Waals surface area contributed by atoms with E-state index in [0.717, 1.165) is 16.7 Å². The minimum absolute atomic E-state index is 0.199. The Hall–Kier alpha value is -2.49. The lowest BCUT2D eigenvalue weighted by Crippen LogP contribution is -2.39. The maximum absolute atomic E-state index is 12.6. The van der Waals surface area contributed by atoms with Crippen LogP contribution >= 0.6 is 11.3 Å². The SMILES string of the molecule is CCNC(=NCC(C)Oc1ccccc1OC)NCCc1nc(C(F)(F)F)cs1. The Morgan fingerprint density at radius 3 is 2.59 bits per heavy atom. The first-order chi connectivity index (χ1) is 13.8. The van der Waals surface area contributed by atoms with Crippen molar-refractivity contribution in [2.24, 2.45) is 4.99 Å². The molecular weight excluding hydrogens is 405 g/mol. The molecule has 0 amide bonds. The second-order valence-corrected chi connectivity index (χ2v) is 7.04. The van der Waals surface area contributed by atoms with Gasteiger partial charge in [-0.3, -0.25) is 0 Å². The van der Waals surface area contributed by atoms with Crippen LogP contribution < -0.4 is 20.1 Å². The Morgan fingerprint density at radius 1 is 1.24 bits per heavy atom. The van der Waals surface area contributed by atoms with Crippen LogP contribution in [0.4, 0.5) is 13.2 Å². The van der Waals surface area contributed by atoms with Gasteiger partial charge in [0, 0.05) is 24.9 Å². The molecule has 1 aromatic carbocycles. The van der Waals surface area contributed by atoms with Crippen molar-refractivity contribution >= 4 is 17.3 Å². The first kappa shape index (κ1) is 22.8. The third-order valence-corrected chi connectivity index (χ3v) is 4.63. The van der Waals surface area contributed by atoms with E-state index >= 15 is 0 Å². The molecule has 6 nitrogen and oxygen atoms in total. The highest BCUT2D eigenvalue weighted by Crippen LogP contribution is 2.30. The first-order valence-electron chi connectivity index (χ1n) is 9.17. The topological polar surface area (TPSA) is 67.8 Å². The lowest BCUT2D eigenvalue weighted by atomic mass is 10.3. The summed E-state index contributed by atoms with van der Waals surface area (Å²) in [6.07, 6.45) is -4.23. The van der Waals surface area contributed by atoms with Gasteiger partial charge in [0.2, 0.25) is 0 Å². The van der Waals surface area contributed by atoms with Crippen LogP contribution in [-0.4, -0.2) is 43.8 Å². The number of guanidine groups is 1. The molecule has 0 radical (unpaired) electrons. The largest absolute Gasteiger partial charge is 0.493 e. The molecule has 2 aromatic rings. The second-order valence-electron chi connectivity index (χ2n) is 6.10. The van der Waals surface area contributed by atoms with E-state index < -0.39 is 11.9 Å². The molecule has 29 heavy (non-hydrogen) atoms. The van der Waals surface area contributed by atoms with Crippen LogP contribution in [-0.2, 0) is 12.6 Å². The number of methoxy groups -OCH3 is 1. The second kappa shape index (κ2) is 10.9. The number of nitrogens with zero attached hydrogens (tertiary/aromatic N) is 2. The molecule has 0 bridgehead atoms. The molecule has 0 saturated carbocycles. The van der Waals surface area contributed by atoms with Crippen LogP contribution in [0.3, 0.4) is 0 Å². The highest BCUT2D eigenvalue weighted by molar-refractivity contribution is 7.09. The zero-order valence-electron chi connectivity index (χ0n) is 16.5. The number of ether oxygens (including phenoxy) is 2. The molecule has 0 fully saturated rings. The molecule has 0 aliphatic carbocycles. The smallest absolute Gasteiger partial charge is 0.434 e. The number of para-hydroxylation sites is 2. The van der Waals surface area contributed by atoms with Crippen molar-refractivity contribution in [2.45, 2.75) is 32.5 Å². The van der Waals surface area contributed by atoms with Gasteiger partial charge >= 0.3 is 6.18 Å². The van der Waals surface area contributed by atoms with Gasteiger partial charge in [-0.25, -0.2) is 9.98 Å². The Kier molecular flexibility index (Phi) is 8.56. The number of rotatable bonds is 9. The van der Waals surface area contributed by atoms with E-state index in [-0.39, 0.29) is 6.10 Å². The van der Waals surface area contributed by atoms with Gasteiger partial charge in [0.25, 0.3) is 0 Å².